The molecule has 2 aromatic carbocycles. The van der Waals surface area contributed by atoms with E-state index < -0.39 is 16.1 Å². The van der Waals surface area contributed by atoms with Crippen LogP contribution in [0.2, 0.25) is 0 Å². The summed E-state index contributed by atoms with van der Waals surface area (Å²) < 4.78 is 26.9. The van der Waals surface area contributed by atoms with Crippen LogP contribution in [0, 0.1) is 0 Å². The largest absolute Gasteiger partial charge is 0.392 e. The maximum Gasteiger partial charge on any atom is 0.261 e. The fraction of sp³-hybridized carbons (Fsp3) is 0.188. The third-order valence-electron chi connectivity index (χ3n) is 2.99. The van der Waals surface area contributed by atoms with Crippen molar-refractivity contribution in [3.63, 3.8) is 0 Å². The number of carbonyl (C=O) groups excluding carboxylic acids is 1. The maximum atomic E-state index is 12.3. The van der Waals surface area contributed by atoms with Crippen LogP contribution in [0.1, 0.15) is 17.3 Å². The fourth-order valence-corrected chi connectivity index (χ4v) is 2.95. The van der Waals surface area contributed by atoms with Crippen molar-refractivity contribution >= 4 is 21.6 Å². The molecule has 2 aromatic rings. The van der Waals surface area contributed by atoms with E-state index in [1.807, 2.05) is 0 Å². The Labute approximate surface area is 135 Å². The Morgan fingerprint density at radius 2 is 1.83 bits per heavy atom. The molecule has 3 N–H and O–H groups in total. The highest BCUT2D eigenvalue weighted by atomic mass is 32.2. The highest BCUT2D eigenvalue weighted by Gasteiger charge is 2.14. The normalized spacial score (nSPS) is 12.4. The summed E-state index contributed by atoms with van der Waals surface area (Å²) in [5.74, 6) is -0.383. The van der Waals surface area contributed by atoms with Crippen LogP contribution in [0.5, 0.6) is 0 Å². The summed E-state index contributed by atoms with van der Waals surface area (Å²) in [7, 11) is -3.70. The van der Waals surface area contributed by atoms with Gasteiger partial charge in [-0.2, -0.15) is 0 Å². The van der Waals surface area contributed by atoms with E-state index in [4.69, 9.17) is 0 Å². The van der Waals surface area contributed by atoms with E-state index in [0.717, 1.165) is 0 Å². The van der Waals surface area contributed by atoms with Crippen molar-refractivity contribution in [1.29, 1.82) is 0 Å². The van der Waals surface area contributed by atoms with Crippen LogP contribution < -0.4 is 10.0 Å². The van der Waals surface area contributed by atoms with Crippen molar-refractivity contribution in [2.45, 2.75) is 17.9 Å². The average molecular weight is 334 g/mol. The number of aliphatic hydroxyl groups is 1. The summed E-state index contributed by atoms with van der Waals surface area (Å²) in [6.45, 7) is 1.68. The Hall–Kier alpha value is -2.38. The number of nitrogens with one attached hydrogen (secondary N) is 2. The van der Waals surface area contributed by atoms with Gasteiger partial charge >= 0.3 is 0 Å². The van der Waals surface area contributed by atoms with Gasteiger partial charge < -0.3 is 10.4 Å². The van der Waals surface area contributed by atoms with E-state index >= 15 is 0 Å². The molecule has 0 aliphatic heterocycles. The fourth-order valence-electron chi connectivity index (χ4n) is 1.88. The molecule has 0 spiro atoms. The predicted octanol–water partition coefficient (Wildman–Crippen LogP) is 1.60. The summed E-state index contributed by atoms with van der Waals surface area (Å²) in [6.07, 6.45) is -0.654. The van der Waals surface area contributed by atoms with Gasteiger partial charge in [-0.1, -0.05) is 24.3 Å². The monoisotopic (exact) mass is 334 g/mol. The molecule has 1 atom stereocenters. The van der Waals surface area contributed by atoms with E-state index in [1.165, 1.54) is 18.2 Å². The van der Waals surface area contributed by atoms with Crippen molar-refractivity contribution in [3.05, 3.63) is 60.2 Å². The third-order valence-corrected chi connectivity index (χ3v) is 4.39. The number of aliphatic hydroxyl groups excluding tert-OH is 1. The lowest BCUT2D eigenvalue weighted by Gasteiger charge is -2.10. The summed E-state index contributed by atoms with van der Waals surface area (Å²) in [5.41, 5.74) is 0.595. The van der Waals surface area contributed by atoms with Crippen LogP contribution in [0.25, 0.3) is 0 Å². The summed E-state index contributed by atoms with van der Waals surface area (Å²) in [6, 6.07) is 14.1. The number of carbonyl (C=O) groups is 1. The quantitative estimate of drug-likeness (QED) is 0.748. The zero-order valence-corrected chi connectivity index (χ0v) is 13.4. The molecule has 0 fully saturated rings. The first-order valence-electron chi connectivity index (χ1n) is 7.03. The molecule has 6 nitrogen and oxygen atoms in total. The lowest BCUT2D eigenvalue weighted by Crippen LogP contribution is -2.30. The van der Waals surface area contributed by atoms with Gasteiger partial charge in [-0.15, -0.1) is 0 Å². The van der Waals surface area contributed by atoms with E-state index in [-0.39, 0.29) is 17.3 Å². The SMILES string of the molecule is CC(O)CNC(=O)c1cccc(NS(=O)(=O)c2ccccc2)c1. The van der Waals surface area contributed by atoms with E-state index in [9.17, 15) is 18.3 Å². The van der Waals surface area contributed by atoms with Gasteiger partial charge in [-0.25, -0.2) is 8.42 Å². The molecule has 0 aromatic heterocycles. The Bertz CT molecular complexity index is 774. The van der Waals surface area contributed by atoms with Gasteiger partial charge in [0.15, 0.2) is 0 Å². The number of hydrogen-bond donors (Lipinski definition) is 3. The van der Waals surface area contributed by atoms with Crippen molar-refractivity contribution in [3.8, 4) is 0 Å². The summed E-state index contributed by atoms with van der Waals surface area (Å²) in [5, 5.41) is 11.7. The predicted molar refractivity (Wildman–Crippen MR) is 87.7 cm³/mol. The average Bonchev–Trinajstić information content (AvgIpc) is 2.53. The molecule has 122 valence electrons. The van der Waals surface area contributed by atoms with Crippen molar-refractivity contribution in [1.82, 2.24) is 5.32 Å². The molecule has 0 bridgehead atoms. The first-order valence-corrected chi connectivity index (χ1v) is 8.51. The summed E-state index contributed by atoms with van der Waals surface area (Å²) in [4.78, 5) is 12.1. The zero-order chi connectivity index (χ0) is 16.9. The standard InChI is InChI=1S/C16H18N2O4S/c1-12(19)11-17-16(20)13-6-5-7-14(10-13)18-23(21,22)15-8-3-2-4-9-15/h2-10,12,18-19H,11H2,1H3,(H,17,20). The molecular formula is C16H18N2O4S. The second-order valence-corrected chi connectivity index (χ2v) is 6.74. The van der Waals surface area contributed by atoms with Crippen LogP contribution in [0.4, 0.5) is 5.69 Å². The lowest BCUT2D eigenvalue weighted by atomic mass is 10.2. The van der Waals surface area contributed by atoms with Gasteiger partial charge in [-0.05, 0) is 37.3 Å². The van der Waals surface area contributed by atoms with E-state index in [1.54, 1.807) is 43.3 Å². The van der Waals surface area contributed by atoms with Gasteiger partial charge in [0.05, 0.1) is 11.0 Å². The molecule has 23 heavy (non-hydrogen) atoms. The van der Waals surface area contributed by atoms with Crippen molar-refractivity contribution < 1.29 is 18.3 Å². The minimum absolute atomic E-state index is 0.124. The molecule has 0 aliphatic rings. The number of amides is 1. The number of hydrogen-bond acceptors (Lipinski definition) is 4. The zero-order valence-electron chi connectivity index (χ0n) is 12.6. The van der Waals surface area contributed by atoms with Gasteiger partial charge in [0, 0.05) is 17.8 Å². The molecule has 0 heterocycles. The molecule has 1 amide bonds. The molecule has 2 rings (SSSR count). The van der Waals surface area contributed by atoms with Crippen molar-refractivity contribution in [2.24, 2.45) is 0 Å². The Balaban J connectivity index is 2.16. The second-order valence-electron chi connectivity index (χ2n) is 5.06. The first kappa shape index (κ1) is 17.0. The highest BCUT2D eigenvalue weighted by Crippen LogP contribution is 2.17. The van der Waals surface area contributed by atoms with Gasteiger partial charge in [0.25, 0.3) is 15.9 Å². The minimum atomic E-state index is -3.70. The molecule has 0 saturated carbocycles. The molecule has 1 unspecified atom stereocenters. The molecule has 0 radical (unpaired) electrons. The Morgan fingerprint density at radius 3 is 2.48 bits per heavy atom. The second kappa shape index (κ2) is 7.26. The third kappa shape index (κ3) is 4.80. The number of benzene rings is 2. The van der Waals surface area contributed by atoms with Crippen molar-refractivity contribution in [2.75, 3.05) is 11.3 Å². The Kier molecular flexibility index (Phi) is 5.36. The molecule has 7 heteroatoms. The van der Waals surface area contributed by atoms with Crippen LogP contribution in [-0.4, -0.2) is 32.1 Å². The maximum absolute atomic E-state index is 12.3. The summed E-state index contributed by atoms with van der Waals surface area (Å²) >= 11 is 0. The van der Waals surface area contributed by atoms with Crippen LogP contribution >= 0.6 is 0 Å². The highest BCUT2D eigenvalue weighted by molar-refractivity contribution is 7.92. The topological polar surface area (TPSA) is 95.5 Å². The van der Waals surface area contributed by atoms with Gasteiger partial charge in [-0.3, -0.25) is 9.52 Å². The molecule has 0 saturated heterocycles. The smallest absolute Gasteiger partial charge is 0.261 e. The first-order chi connectivity index (χ1) is 10.9. The number of sulfonamides is 1. The van der Waals surface area contributed by atoms with Gasteiger partial charge in [0.1, 0.15) is 0 Å². The van der Waals surface area contributed by atoms with E-state index in [0.29, 0.717) is 11.3 Å². The number of anilines is 1. The van der Waals surface area contributed by atoms with Crippen LogP contribution in [0.15, 0.2) is 59.5 Å². The number of rotatable bonds is 6. The minimum Gasteiger partial charge on any atom is -0.392 e. The molecule has 0 aliphatic carbocycles. The van der Waals surface area contributed by atoms with Crippen LogP contribution in [0.3, 0.4) is 0 Å². The molecular weight excluding hydrogens is 316 g/mol. The van der Waals surface area contributed by atoms with Gasteiger partial charge in [0.2, 0.25) is 0 Å². The lowest BCUT2D eigenvalue weighted by molar-refractivity contribution is 0.0924. The van der Waals surface area contributed by atoms with Crippen LogP contribution in [-0.2, 0) is 10.0 Å². The Morgan fingerprint density at radius 1 is 1.13 bits per heavy atom. The van der Waals surface area contributed by atoms with E-state index in [2.05, 4.69) is 10.0 Å².